The van der Waals surface area contributed by atoms with Gasteiger partial charge in [-0.05, 0) is 30.5 Å². The number of hydrogen-bond acceptors (Lipinski definition) is 4. The van der Waals surface area contributed by atoms with Crippen molar-refractivity contribution in [3.8, 4) is 5.75 Å². The highest BCUT2D eigenvalue weighted by Gasteiger charge is 2.21. The summed E-state index contributed by atoms with van der Waals surface area (Å²) in [7, 11) is 1.55. The Bertz CT molecular complexity index is 512. The third kappa shape index (κ3) is 3.63. The van der Waals surface area contributed by atoms with E-state index in [0.717, 1.165) is 5.56 Å². The first-order valence-electron chi connectivity index (χ1n) is 6.33. The van der Waals surface area contributed by atoms with Crippen LogP contribution in [0, 0.1) is 12.8 Å². The number of rotatable bonds is 5. The second kappa shape index (κ2) is 6.79. The standard InChI is InChI=1S/C14H21N3O3/c1-8(2)12(13(15)17-19)16-14(18)10-6-5-9(3)11(7-10)20-4/h5-8,12,19H,1-4H3,(H2,15,17)(H,16,18). The summed E-state index contributed by atoms with van der Waals surface area (Å²) in [6.45, 7) is 5.64. The quantitative estimate of drug-likeness (QED) is 0.329. The minimum absolute atomic E-state index is 0.00203. The molecule has 0 fully saturated rings. The van der Waals surface area contributed by atoms with Gasteiger partial charge < -0.3 is 21.0 Å². The van der Waals surface area contributed by atoms with E-state index in [2.05, 4.69) is 10.5 Å². The average molecular weight is 279 g/mol. The van der Waals surface area contributed by atoms with E-state index in [-0.39, 0.29) is 17.7 Å². The molecule has 0 saturated heterocycles. The van der Waals surface area contributed by atoms with E-state index in [0.29, 0.717) is 11.3 Å². The van der Waals surface area contributed by atoms with Crippen LogP contribution < -0.4 is 15.8 Å². The Morgan fingerprint density at radius 2 is 2.10 bits per heavy atom. The van der Waals surface area contributed by atoms with Gasteiger partial charge in [0.25, 0.3) is 5.91 Å². The number of aryl methyl sites for hydroxylation is 1. The van der Waals surface area contributed by atoms with Crippen molar-refractivity contribution in [1.29, 1.82) is 0 Å². The molecule has 0 heterocycles. The molecule has 4 N–H and O–H groups in total. The zero-order chi connectivity index (χ0) is 15.3. The van der Waals surface area contributed by atoms with E-state index in [1.807, 2.05) is 26.8 Å². The molecule has 1 amide bonds. The minimum atomic E-state index is -0.528. The lowest BCUT2D eigenvalue weighted by molar-refractivity contribution is 0.0938. The predicted octanol–water partition coefficient (Wildman–Crippen LogP) is 1.50. The monoisotopic (exact) mass is 279 g/mol. The van der Waals surface area contributed by atoms with Gasteiger partial charge in [-0.25, -0.2) is 0 Å². The van der Waals surface area contributed by atoms with Crippen LogP contribution in [0.4, 0.5) is 0 Å². The maximum atomic E-state index is 12.2. The molecule has 0 aromatic heterocycles. The lowest BCUT2D eigenvalue weighted by Gasteiger charge is -2.21. The van der Waals surface area contributed by atoms with Crippen LogP contribution in [0.3, 0.4) is 0 Å². The van der Waals surface area contributed by atoms with Crippen LogP contribution in [0.1, 0.15) is 29.8 Å². The van der Waals surface area contributed by atoms with Gasteiger partial charge in [-0.15, -0.1) is 0 Å². The van der Waals surface area contributed by atoms with Crippen molar-refractivity contribution in [2.75, 3.05) is 7.11 Å². The molecule has 0 bridgehead atoms. The molecule has 0 aliphatic carbocycles. The smallest absolute Gasteiger partial charge is 0.252 e. The van der Waals surface area contributed by atoms with E-state index in [1.54, 1.807) is 19.2 Å². The summed E-state index contributed by atoms with van der Waals surface area (Å²) < 4.78 is 5.19. The Morgan fingerprint density at radius 1 is 1.45 bits per heavy atom. The first-order valence-corrected chi connectivity index (χ1v) is 6.33. The zero-order valence-electron chi connectivity index (χ0n) is 12.2. The number of ether oxygens (including phenoxy) is 1. The molecule has 1 aromatic carbocycles. The number of amidine groups is 1. The van der Waals surface area contributed by atoms with Gasteiger partial charge in [0, 0.05) is 5.56 Å². The SMILES string of the molecule is COc1cc(C(=O)NC(C(N)=NO)C(C)C)ccc1C. The number of methoxy groups -OCH3 is 1. The minimum Gasteiger partial charge on any atom is -0.496 e. The second-order valence-electron chi connectivity index (χ2n) is 4.90. The molecule has 1 aromatic rings. The first-order chi connectivity index (χ1) is 9.40. The van der Waals surface area contributed by atoms with Crippen molar-refractivity contribution in [3.63, 3.8) is 0 Å². The largest absolute Gasteiger partial charge is 0.496 e. The number of carbonyl (C=O) groups is 1. The van der Waals surface area contributed by atoms with E-state index < -0.39 is 6.04 Å². The lowest BCUT2D eigenvalue weighted by Crippen LogP contribution is -2.47. The van der Waals surface area contributed by atoms with Crippen LogP contribution in [0.15, 0.2) is 23.4 Å². The number of nitrogens with zero attached hydrogens (tertiary/aromatic N) is 1. The van der Waals surface area contributed by atoms with Crippen LogP contribution in [0.5, 0.6) is 5.75 Å². The third-order valence-corrected chi connectivity index (χ3v) is 3.06. The zero-order valence-corrected chi connectivity index (χ0v) is 12.2. The summed E-state index contributed by atoms with van der Waals surface area (Å²) in [6.07, 6.45) is 0. The molecule has 0 aliphatic heterocycles. The molecule has 0 spiro atoms. The molecule has 110 valence electrons. The molecule has 6 heteroatoms. The summed E-state index contributed by atoms with van der Waals surface area (Å²) in [6, 6.07) is 4.65. The van der Waals surface area contributed by atoms with Gasteiger partial charge in [-0.2, -0.15) is 0 Å². The van der Waals surface area contributed by atoms with Crippen molar-refractivity contribution in [3.05, 3.63) is 29.3 Å². The van der Waals surface area contributed by atoms with Gasteiger partial charge in [-0.1, -0.05) is 25.1 Å². The number of hydrogen-bond donors (Lipinski definition) is 3. The van der Waals surface area contributed by atoms with Gasteiger partial charge >= 0.3 is 0 Å². The van der Waals surface area contributed by atoms with Crippen LogP contribution in [-0.4, -0.2) is 30.1 Å². The van der Waals surface area contributed by atoms with Crippen molar-refractivity contribution in [2.45, 2.75) is 26.8 Å². The van der Waals surface area contributed by atoms with E-state index in [9.17, 15) is 4.79 Å². The lowest BCUT2D eigenvalue weighted by atomic mass is 10.0. The summed E-state index contributed by atoms with van der Waals surface area (Å²) in [5, 5.41) is 14.5. The summed E-state index contributed by atoms with van der Waals surface area (Å²) in [5.41, 5.74) is 6.99. The number of nitrogens with two attached hydrogens (primary N) is 1. The molecule has 1 unspecified atom stereocenters. The van der Waals surface area contributed by atoms with E-state index in [1.165, 1.54) is 0 Å². The molecule has 6 nitrogen and oxygen atoms in total. The second-order valence-corrected chi connectivity index (χ2v) is 4.90. The fourth-order valence-electron chi connectivity index (χ4n) is 1.83. The van der Waals surface area contributed by atoms with Crippen molar-refractivity contribution < 1.29 is 14.7 Å². The Balaban J connectivity index is 2.95. The number of amides is 1. The highest BCUT2D eigenvalue weighted by molar-refractivity contribution is 5.98. The van der Waals surface area contributed by atoms with E-state index >= 15 is 0 Å². The molecule has 20 heavy (non-hydrogen) atoms. The molecule has 0 aliphatic rings. The van der Waals surface area contributed by atoms with Crippen molar-refractivity contribution in [2.24, 2.45) is 16.8 Å². The number of oxime groups is 1. The highest BCUT2D eigenvalue weighted by Crippen LogP contribution is 2.19. The molecule has 1 atom stereocenters. The Morgan fingerprint density at radius 3 is 2.60 bits per heavy atom. The fraction of sp³-hybridized carbons (Fsp3) is 0.429. The van der Waals surface area contributed by atoms with Gasteiger partial charge in [0.15, 0.2) is 5.84 Å². The maximum Gasteiger partial charge on any atom is 0.252 e. The third-order valence-electron chi connectivity index (χ3n) is 3.06. The van der Waals surface area contributed by atoms with Crippen LogP contribution >= 0.6 is 0 Å². The van der Waals surface area contributed by atoms with Gasteiger partial charge in [-0.3, -0.25) is 4.79 Å². The Kier molecular flexibility index (Phi) is 5.37. The first kappa shape index (κ1) is 15.8. The number of nitrogens with one attached hydrogen (secondary N) is 1. The molecular weight excluding hydrogens is 258 g/mol. The maximum absolute atomic E-state index is 12.2. The van der Waals surface area contributed by atoms with Crippen molar-refractivity contribution in [1.82, 2.24) is 5.32 Å². The van der Waals surface area contributed by atoms with Gasteiger partial charge in [0.2, 0.25) is 0 Å². The van der Waals surface area contributed by atoms with Crippen molar-refractivity contribution >= 4 is 11.7 Å². The topological polar surface area (TPSA) is 96.9 Å². The molecule has 0 radical (unpaired) electrons. The highest BCUT2D eigenvalue weighted by atomic mass is 16.5. The van der Waals surface area contributed by atoms with Gasteiger partial charge in [0.1, 0.15) is 5.75 Å². The summed E-state index contributed by atoms with van der Waals surface area (Å²) in [5.74, 6) is 0.325. The molecule has 1 rings (SSSR count). The van der Waals surface area contributed by atoms with Crippen LogP contribution in [0.25, 0.3) is 0 Å². The van der Waals surface area contributed by atoms with Crippen LogP contribution in [-0.2, 0) is 0 Å². The number of benzene rings is 1. The average Bonchev–Trinajstić information content (AvgIpc) is 2.43. The Hall–Kier alpha value is -2.24. The van der Waals surface area contributed by atoms with Gasteiger partial charge in [0.05, 0.1) is 13.2 Å². The number of carbonyl (C=O) groups excluding carboxylic acids is 1. The van der Waals surface area contributed by atoms with Crippen LogP contribution in [0.2, 0.25) is 0 Å². The Labute approximate surface area is 118 Å². The van der Waals surface area contributed by atoms with E-state index in [4.69, 9.17) is 15.7 Å². The summed E-state index contributed by atoms with van der Waals surface area (Å²) in [4.78, 5) is 12.2. The molecule has 0 saturated carbocycles. The normalized spacial score (nSPS) is 13.2. The predicted molar refractivity (Wildman–Crippen MR) is 77.2 cm³/mol. The summed E-state index contributed by atoms with van der Waals surface area (Å²) >= 11 is 0. The molecular formula is C14H21N3O3. The fourth-order valence-corrected chi connectivity index (χ4v) is 1.83.